The quantitative estimate of drug-likeness (QED) is 0.398. The van der Waals surface area contributed by atoms with Crippen LogP contribution in [0.25, 0.3) is 20.7 Å². The van der Waals surface area contributed by atoms with E-state index in [9.17, 15) is 9.18 Å². The molecule has 1 amide bonds. The predicted octanol–water partition coefficient (Wildman–Crippen LogP) is 4.28. The second kappa shape index (κ2) is 7.76. The van der Waals surface area contributed by atoms with Crippen molar-refractivity contribution < 1.29 is 9.18 Å². The topological polar surface area (TPSA) is 54.9 Å². The highest BCUT2D eigenvalue weighted by atomic mass is 32.2. The van der Waals surface area contributed by atoms with Crippen LogP contribution in [-0.4, -0.2) is 27.7 Å². The van der Waals surface area contributed by atoms with E-state index in [1.54, 1.807) is 18.2 Å². The second-order valence-electron chi connectivity index (χ2n) is 5.30. The van der Waals surface area contributed by atoms with Gasteiger partial charge in [-0.05, 0) is 30.7 Å². The molecule has 2 heterocycles. The van der Waals surface area contributed by atoms with E-state index < -0.39 is 0 Å². The molecule has 0 radical (unpaired) electrons. The van der Waals surface area contributed by atoms with E-state index in [-0.39, 0.29) is 17.0 Å². The number of carbonyl (C=O) groups is 1. The number of thiophene rings is 1. The number of nitrogens with zero attached hydrogens (tertiary/aromatic N) is 2. The number of carbonyl (C=O) groups excluding carboxylic acids is 1. The van der Waals surface area contributed by atoms with E-state index in [1.165, 1.54) is 41.6 Å². The van der Waals surface area contributed by atoms with Gasteiger partial charge in [0.05, 0.1) is 15.5 Å². The fourth-order valence-electron chi connectivity index (χ4n) is 2.21. The Kier molecular flexibility index (Phi) is 5.45. The Hall–Kier alpha value is -2.25. The number of amides is 1. The number of hydrogen-bond acceptors (Lipinski definition) is 5. The molecule has 7 heteroatoms. The molecule has 1 aromatic carbocycles. The molecule has 3 rings (SSSR count). The zero-order valence-electron chi connectivity index (χ0n) is 13.5. The fourth-order valence-corrected chi connectivity index (χ4v) is 4.33. The molecule has 0 aliphatic heterocycles. The first-order chi connectivity index (χ1) is 12.1. The van der Waals surface area contributed by atoms with E-state index in [1.807, 2.05) is 13.0 Å². The molecule has 128 valence electrons. The minimum absolute atomic E-state index is 0.0630. The summed E-state index contributed by atoms with van der Waals surface area (Å²) in [4.78, 5) is 21.7. The van der Waals surface area contributed by atoms with E-state index in [4.69, 9.17) is 0 Å². The molecule has 0 saturated heterocycles. The lowest BCUT2D eigenvalue weighted by atomic mass is 10.2. The number of nitrogens with one attached hydrogen (secondary N) is 1. The van der Waals surface area contributed by atoms with Crippen molar-refractivity contribution in [2.75, 3.05) is 6.54 Å². The van der Waals surface area contributed by atoms with Crippen LogP contribution in [0.5, 0.6) is 0 Å². The Labute approximate surface area is 153 Å². The Morgan fingerprint density at radius 2 is 2.16 bits per heavy atom. The van der Waals surface area contributed by atoms with Crippen LogP contribution < -0.4 is 5.32 Å². The molecule has 0 saturated carbocycles. The first-order valence-corrected chi connectivity index (χ1v) is 9.34. The van der Waals surface area contributed by atoms with Crippen LogP contribution in [0.15, 0.2) is 54.3 Å². The number of thioether (sulfide) groups is 1. The molecule has 1 atom stereocenters. The van der Waals surface area contributed by atoms with Crippen molar-refractivity contribution in [1.29, 1.82) is 0 Å². The zero-order valence-corrected chi connectivity index (χ0v) is 15.2. The van der Waals surface area contributed by atoms with Crippen LogP contribution in [0, 0.1) is 5.82 Å². The largest absolute Gasteiger partial charge is 0.352 e. The second-order valence-corrected chi connectivity index (χ2v) is 7.69. The minimum Gasteiger partial charge on any atom is -0.352 e. The average molecular weight is 373 g/mol. The predicted molar refractivity (Wildman–Crippen MR) is 101 cm³/mol. The fraction of sp³-hybridized carbons (Fsp3) is 0.167. The van der Waals surface area contributed by atoms with Gasteiger partial charge in [0.2, 0.25) is 5.91 Å². The van der Waals surface area contributed by atoms with Gasteiger partial charge in [-0.1, -0.05) is 30.0 Å². The third-order valence-electron chi connectivity index (χ3n) is 3.49. The molecule has 4 nitrogen and oxygen atoms in total. The lowest BCUT2D eigenvalue weighted by Gasteiger charge is -2.10. The number of fused-ring (bicyclic) bond motifs is 1. The monoisotopic (exact) mass is 373 g/mol. The van der Waals surface area contributed by atoms with Crippen molar-refractivity contribution in [3.63, 3.8) is 0 Å². The molecule has 1 N–H and O–H groups in total. The van der Waals surface area contributed by atoms with Crippen LogP contribution in [-0.2, 0) is 4.79 Å². The summed E-state index contributed by atoms with van der Waals surface area (Å²) >= 11 is 2.93. The Morgan fingerprint density at radius 3 is 2.88 bits per heavy atom. The number of halogens is 1. The van der Waals surface area contributed by atoms with Crippen molar-refractivity contribution >= 4 is 39.2 Å². The molecule has 0 spiro atoms. The van der Waals surface area contributed by atoms with E-state index in [0.29, 0.717) is 6.54 Å². The summed E-state index contributed by atoms with van der Waals surface area (Å²) in [6.07, 6.45) is 3.15. The normalized spacial score (nSPS) is 12.1. The summed E-state index contributed by atoms with van der Waals surface area (Å²) < 4.78 is 14.0. The van der Waals surface area contributed by atoms with Crippen molar-refractivity contribution in [3.05, 3.63) is 55.1 Å². The van der Waals surface area contributed by atoms with E-state index in [0.717, 1.165) is 25.7 Å². The summed E-state index contributed by atoms with van der Waals surface area (Å²) in [5.74, 6) is -0.327. The van der Waals surface area contributed by atoms with Gasteiger partial charge in [0, 0.05) is 11.4 Å². The maximum absolute atomic E-state index is 13.1. The molecular weight excluding hydrogens is 357 g/mol. The third kappa shape index (κ3) is 4.05. The lowest BCUT2D eigenvalue weighted by Crippen LogP contribution is -2.30. The Balaban J connectivity index is 1.88. The van der Waals surface area contributed by atoms with E-state index in [2.05, 4.69) is 21.9 Å². The summed E-state index contributed by atoms with van der Waals surface area (Å²) in [6.45, 7) is 5.87. The van der Waals surface area contributed by atoms with Crippen molar-refractivity contribution in [2.45, 2.75) is 17.2 Å². The summed E-state index contributed by atoms with van der Waals surface area (Å²) in [5, 5.41) is 3.27. The molecular formula is C18H16FN3OS2. The van der Waals surface area contributed by atoms with Gasteiger partial charge in [-0.3, -0.25) is 4.79 Å². The molecule has 0 aliphatic carbocycles. The van der Waals surface area contributed by atoms with Crippen molar-refractivity contribution in [3.8, 4) is 10.4 Å². The molecule has 0 fully saturated rings. The van der Waals surface area contributed by atoms with Gasteiger partial charge >= 0.3 is 0 Å². The molecule has 0 aliphatic rings. The average Bonchev–Trinajstić information content (AvgIpc) is 3.05. The molecule has 3 aromatic rings. The minimum atomic E-state index is -0.283. The molecule has 2 aromatic heterocycles. The SMILES string of the molecule is C=CCNC(=O)C(C)Sc1ncnc2cc(-c3ccc(F)cc3)sc12. The zero-order chi connectivity index (χ0) is 17.8. The molecule has 1 unspecified atom stereocenters. The van der Waals surface area contributed by atoms with Gasteiger partial charge in [-0.25, -0.2) is 14.4 Å². The summed E-state index contributed by atoms with van der Waals surface area (Å²) in [5.41, 5.74) is 1.75. The summed E-state index contributed by atoms with van der Waals surface area (Å²) in [6, 6.07) is 8.32. The molecule has 25 heavy (non-hydrogen) atoms. The Morgan fingerprint density at radius 1 is 1.40 bits per heavy atom. The van der Waals surface area contributed by atoms with Gasteiger partial charge in [-0.15, -0.1) is 17.9 Å². The van der Waals surface area contributed by atoms with Crippen LogP contribution in [0.4, 0.5) is 4.39 Å². The number of benzene rings is 1. The van der Waals surface area contributed by atoms with Crippen molar-refractivity contribution in [1.82, 2.24) is 15.3 Å². The number of aromatic nitrogens is 2. The Bertz CT molecular complexity index is 908. The number of rotatable bonds is 6. The van der Waals surface area contributed by atoms with Crippen LogP contribution in [0.3, 0.4) is 0 Å². The standard InChI is InChI=1S/C18H16FN3OS2/c1-3-8-20-17(23)11(2)24-18-16-14(21-10-22-18)9-15(25-16)12-4-6-13(19)7-5-12/h3-7,9-11H,1,8H2,2H3,(H,20,23). The van der Waals surface area contributed by atoms with Crippen LogP contribution in [0.1, 0.15) is 6.92 Å². The lowest BCUT2D eigenvalue weighted by molar-refractivity contribution is -0.120. The maximum atomic E-state index is 13.1. The van der Waals surface area contributed by atoms with Crippen LogP contribution in [0.2, 0.25) is 0 Å². The van der Waals surface area contributed by atoms with Gasteiger partial charge in [0.25, 0.3) is 0 Å². The first-order valence-electron chi connectivity index (χ1n) is 7.64. The first kappa shape index (κ1) is 17.6. The molecule has 0 bridgehead atoms. The number of hydrogen-bond donors (Lipinski definition) is 1. The van der Waals surface area contributed by atoms with Crippen molar-refractivity contribution in [2.24, 2.45) is 0 Å². The van der Waals surface area contributed by atoms with Crippen LogP contribution >= 0.6 is 23.1 Å². The third-order valence-corrected chi connectivity index (χ3v) is 5.90. The smallest absolute Gasteiger partial charge is 0.233 e. The highest BCUT2D eigenvalue weighted by Gasteiger charge is 2.18. The van der Waals surface area contributed by atoms with Gasteiger partial charge in [-0.2, -0.15) is 0 Å². The van der Waals surface area contributed by atoms with E-state index >= 15 is 0 Å². The summed E-state index contributed by atoms with van der Waals surface area (Å²) in [7, 11) is 0. The highest BCUT2D eigenvalue weighted by molar-refractivity contribution is 8.00. The highest BCUT2D eigenvalue weighted by Crippen LogP contribution is 2.37. The van der Waals surface area contributed by atoms with Gasteiger partial charge in [0.15, 0.2) is 0 Å². The van der Waals surface area contributed by atoms with Gasteiger partial charge in [0.1, 0.15) is 17.2 Å². The van der Waals surface area contributed by atoms with Gasteiger partial charge < -0.3 is 5.32 Å². The maximum Gasteiger partial charge on any atom is 0.233 e.